The number of aromatic amines is 1. The Morgan fingerprint density at radius 1 is 1.36 bits per heavy atom. The number of hydrogen-bond acceptors (Lipinski definition) is 4. The lowest BCUT2D eigenvalue weighted by Crippen LogP contribution is -2.41. The quantitative estimate of drug-likeness (QED) is 0.840. The standard InChI is InChI=1S/C17H18N2O3/c1-10-14(17(21)22-2)15(11-6-8-18-9-7-11)16-12(19-10)4-3-5-13(16)20/h6-9,14-15,19H,1,3-5H2,2H3/p+1. The van der Waals surface area contributed by atoms with E-state index in [0.717, 1.165) is 24.1 Å². The molecule has 22 heavy (non-hydrogen) atoms. The van der Waals surface area contributed by atoms with Gasteiger partial charge in [0.15, 0.2) is 18.2 Å². The first-order valence-corrected chi connectivity index (χ1v) is 7.39. The van der Waals surface area contributed by atoms with Crippen LogP contribution in [-0.2, 0) is 14.3 Å². The molecule has 2 aliphatic rings. The van der Waals surface area contributed by atoms with Crippen molar-refractivity contribution < 1.29 is 19.3 Å². The smallest absolute Gasteiger partial charge is 0.315 e. The van der Waals surface area contributed by atoms with Crippen LogP contribution in [0.2, 0.25) is 0 Å². The van der Waals surface area contributed by atoms with Crippen molar-refractivity contribution in [2.24, 2.45) is 5.92 Å². The molecule has 2 atom stereocenters. The number of allylic oxidation sites excluding steroid dienone is 2. The Morgan fingerprint density at radius 3 is 2.77 bits per heavy atom. The summed E-state index contributed by atoms with van der Waals surface area (Å²) in [5, 5.41) is 3.17. The number of ether oxygens (including phenoxy) is 1. The Hall–Kier alpha value is -2.43. The predicted molar refractivity (Wildman–Crippen MR) is 79.4 cm³/mol. The second-order valence-corrected chi connectivity index (χ2v) is 5.63. The maximum absolute atomic E-state index is 12.5. The second-order valence-electron chi connectivity index (χ2n) is 5.63. The van der Waals surface area contributed by atoms with Crippen LogP contribution < -0.4 is 10.3 Å². The molecule has 5 nitrogen and oxygen atoms in total. The minimum Gasteiger partial charge on any atom is -0.468 e. The zero-order valence-electron chi connectivity index (χ0n) is 12.5. The van der Waals surface area contributed by atoms with Crippen LogP contribution in [0.3, 0.4) is 0 Å². The third-order valence-electron chi connectivity index (χ3n) is 4.35. The average molecular weight is 299 g/mol. The van der Waals surface area contributed by atoms with Crippen molar-refractivity contribution in [2.45, 2.75) is 25.2 Å². The number of Topliss-reactive ketones (excluding diaryl/α,β-unsaturated/α-hetero) is 1. The van der Waals surface area contributed by atoms with Gasteiger partial charge in [-0.3, -0.25) is 9.59 Å². The van der Waals surface area contributed by atoms with Crippen LogP contribution in [-0.4, -0.2) is 18.9 Å². The largest absolute Gasteiger partial charge is 0.468 e. The number of pyridine rings is 1. The molecular formula is C17H19N2O3+. The molecule has 114 valence electrons. The summed E-state index contributed by atoms with van der Waals surface area (Å²) in [7, 11) is 1.36. The van der Waals surface area contributed by atoms with Gasteiger partial charge in [-0.25, -0.2) is 4.98 Å². The zero-order valence-corrected chi connectivity index (χ0v) is 12.5. The van der Waals surface area contributed by atoms with Gasteiger partial charge in [-0.2, -0.15) is 0 Å². The van der Waals surface area contributed by atoms with Crippen molar-refractivity contribution in [1.82, 2.24) is 5.32 Å². The number of hydrogen-bond donors (Lipinski definition) is 1. The van der Waals surface area contributed by atoms with E-state index in [1.54, 1.807) is 12.4 Å². The maximum Gasteiger partial charge on any atom is 0.315 e. The number of methoxy groups -OCH3 is 1. The highest BCUT2D eigenvalue weighted by Gasteiger charge is 2.43. The van der Waals surface area contributed by atoms with E-state index in [4.69, 9.17) is 4.74 Å². The van der Waals surface area contributed by atoms with Crippen LogP contribution in [0.25, 0.3) is 0 Å². The van der Waals surface area contributed by atoms with Gasteiger partial charge in [-0.1, -0.05) is 6.58 Å². The molecule has 1 aliphatic heterocycles. The molecule has 0 spiro atoms. The molecule has 0 bridgehead atoms. The lowest BCUT2D eigenvalue weighted by molar-refractivity contribution is -0.378. The molecular weight excluding hydrogens is 280 g/mol. The second kappa shape index (κ2) is 5.75. The minimum atomic E-state index is -0.590. The summed E-state index contributed by atoms with van der Waals surface area (Å²) in [5.41, 5.74) is 3.12. The molecule has 0 saturated carbocycles. The molecule has 3 rings (SSSR count). The first-order valence-electron chi connectivity index (χ1n) is 7.39. The van der Waals surface area contributed by atoms with Gasteiger partial charge in [0.1, 0.15) is 5.92 Å². The highest BCUT2D eigenvalue weighted by Crippen LogP contribution is 2.43. The molecule has 0 amide bonds. The van der Waals surface area contributed by atoms with E-state index < -0.39 is 5.92 Å². The molecule has 1 aliphatic carbocycles. The Balaban J connectivity index is 2.16. The van der Waals surface area contributed by atoms with Crippen molar-refractivity contribution in [3.05, 3.63) is 53.6 Å². The van der Waals surface area contributed by atoms with Gasteiger partial charge in [0, 0.05) is 41.4 Å². The van der Waals surface area contributed by atoms with E-state index in [1.807, 2.05) is 12.1 Å². The van der Waals surface area contributed by atoms with Crippen LogP contribution in [0.15, 0.2) is 48.1 Å². The normalized spacial score (nSPS) is 24.6. The number of aromatic nitrogens is 1. The van der Waals surface area contributed by atoms with Gasteiger partial charge in [-0.05, 0) is 18.4 Å². The summed E-state index contributed by atoms with van der Waals surface area (Å²) < 4.78 is 4.95. The fourth-order valence-electron chi connectivity index (χ4n) is 3.37. The summed E-state index contributed by atoms with van der Waals surface area (Å²) in [6, 6.07) is 3.79. The molecule has 0 fully saturated rings. The van der Waals surface area contributed by atoms with E-state index in [1.165, 1.54) is 7.11 Å². The molecule has 2 N–H and O–H groups in total. The number of rotatable bonds is 2. The molecule has 2 unspecified atom stereocenters. The summed E-state index contributed by atoms with van der Waals surface area (Å²) in [5.74, 6) is -1.19. The van der Waals surface area contributed by atoms with Gasteiger partial charge >= 0.3 is 5.97 Å². The van der Waals surface area contributed by atoms with Crippen molar-refractivity contribution in [2.75, 3.05) is 7.11 Å². The van der Waals surface area contributed by atoms with Gasteiger partial charge in [0.25, 0.3) is 0 Å². The third kappa shape index (κ3) is 2.32. The Morgan fingerprint density at radius 2 is 2.09 bits per heavy atom. The highest BCUT2D eigenvalue weighted by atomic mass is 16.5. The number of nitrogens with one attached hydrogen (secondary N) is 2. The lowest BCUT2D eigenvalue weighted by Gasteiger charge is -2.37. The van der Waals surface area contributed by atoms with Crippen LogP contribution in [0.5, 0.6) is 0 Å². The molecule has 0 aromatic carbocycles. The van der Waals surface area contributed by atoms with Crippen LogP contribution in [0.1, 0.15) is 30.7 Å². The number of esters is 1. The van der Waals surface area contributed by atoms with Gasteiger partial charge in [0.05, 0.1) is 7.11 Å². The van der Waals surface area contributed by atoms with Crippen molar-refractivity contribution in [3.63, 3.8) is 0 Å². The molecule has 1 aromatic rings. The van der Waals surface area contributed by atoms with E-state index in [9.17, 15) is 9.59 Å². The average Bonchev–Trinajstić information content (AvgIpc) is 2.54. The third-order valence-corrected chi connectivity index (χ3v) is 4.35. The minimum absolute atomic E-state index is 0.105. The monoisotopic (exact) mass is 299 g/mol. The fraction of sp³-hybridized carbons (Fsp3) is 0.353. The van der Waals surface area contributed by atoms with Crippen LogP contribution in [0.4, 0.5) is 0 Å². The molecule has 5 heteroatoms. The SMILES string of the molecule is C=C1NC2=C(C(=O)CCC2)C(c2cc[nH+]cc2)C1C(=O)OC. The Labute approximate surface area is 129 Å². The van der Waals surface area contributed by atoms with E-state index in [2.05, 4.69) is 16.9 Å². The Bertz CT molecular complexity index is 664. The molecule has 0 saturated heterocycles. The van der Waals surface area contributed by atoms with Crippen LogP contribution in [0, 0.1) is 5.92 Å². The summed E-state index contributed by atoms with van der Waals surface area (Å²) in [6.45, 7) is 3.99. The van der Waals surface area contributed by atoms with Crippen molar-refractivity contribution in [1.29, 1.82) is 0 Å². The summed E-state index contributed by atoms with van der Waals surface area (Å²) in [4.78, 5) is 27.7. The number of carbonyl (C=O) groups is 2. The first-order chi connectivity index (χ1) is 10.6. The van der Waals surface area contributed by atoms with Crippen LogP contribution >= 0.6 is 0 Å². The predicted octanol–water partition coefficient (Wildman–Crippen LogP) is 1.50. The number of carbonyl (C=O) groups excluding carboxylic acids is 2. The number of ketones is 1. The summed E-state index contributed by atoms with van der Waals surface area (Å²) >= 11 is 0. The maximum atomic E-state index is 12.5. The lowest BCUT2D eigenvalue weighted by atomic mass is 9.72. The van der Waals surface area contributed by atoms with Gasteiger partial charge in [0.2, 0.25) is 0 Å². The van der Waals surface area contributed by atoms with E-state index in [0.29, 0.717) is 17.7 Å². The molecule has 2 heterocycles. The van der Waals surface area contributed by atoms with Gasteiger partial charge < -0.3 is 10.1 Å². The molecule has 0 radical (unpaired) electrons. The Kier molecular flexibility index (Phi) is 3.79. The van der Waals surface area contributed by atoms with Crippen molar-refractivity contribution in [3.8, 4) is 0 Å². The molecule has 1 aromatic heterocycles. The first kappa shape index (κ1) is 14.5. The van der Waals surface area contributed by atoms with Gasteiger partial charge in [-0.15, -0.1) is 0 Å². The van der Waals surface area contributed by atoms with E-state index in [-0.39, 0.29) is 17.7 Å². The van der Waals surface area contributed by atoms with E-state index >= 15 is 0 Å². The van der Waals surface area contributed by atoms with Crippen molar-refractivity contribution >= 4 is 11.8 Å². The fourth-order valence-corrected chi connectivity index (χ4v) is 3.37. The zero-order chi connectivity index (χ0) is 15.7. The highest BCUT2D eigenvalue weighted by molar-refractivity contribution is 6.00. The topological polar surface area (TPSA) is 69.5 Å². The summed E-state index contributed by atoms with van der Waals surface area (Å²) in [6.07, 6.45) is 5.75. The number of H-pyrrole nitrogens is 1.